The molecular weight excluding hydrogens is 198 g/mol. The molecule has 6 nitrogen and oxygen atoms in total. The lowest BCUT2D eigenvalue weighted by atomic mass is 10.4. The van der Waals surface area contributed by atoms with Crippen LogP contribution in [0.25, 0.3) is 0 Å². The van der Waals surface area contributed by atoms with Crippen LogP contribution >= 0.6 is 0 Å². The lowest BCUT2D eigenvalue weighted by molar-refractivity contribution is -0.129. The van der Waals surface area contributed by atoms with Crippen molar-refractivity contribution in [1.29, 1.82) is 0 Å². The zero-order chi connectivity index (χ0) is 11.6. The summed E-state index contributed by atoms with van der Waals surface area (Å²) in [6.45, 7) is 1.51. The summed E-state index contributed by atoms with van der Waals surface area (Å²) in [5.74, 6) is -0.205. The van der Waals surface area contributed by atoms with Crippen LogP contribution in [0.2, 0.25) is 0 Å². The van der Waals surface area contributed by atoms with Gasteiger partial charge < -0.3 is 4.90 Å². The van der Waals surface area contributed by atoms with E-state index in [4.69, 9.17) is 0 Å². The molecule has 0 atom stereocenters. The molecule has 1 aromatic rings. The van der Waals surface area contributed by atoms with Crippen LogP contribution in [0.1, 0.15) is 5.56 Å². The summed E-state index contributed by atoms with van der Waals surface area (Å²) in [5, 5.41) is 0. The van der Waals surface area contributed by atoms with Crippen LogP contribution in [0.15, 0.2) is 15.8 Å². The highest BCUT2D eigenvalue weighted by Gasteiger charge is 2.07. The lowest BCUT2D eigenvalue weighted by Crippen LogP contribution is -2.36. The summed E-state index contributed by atoms with van der Waals surface area (Å²) in [5.41, 5.74) is -0.587. The van der Waals surface area contributed by atoms with Gasteiger partial charge in [0.25, 0.3) is 5.56 Å². The van der Waals surface area contributed by atoms with Crippen molar-refractivity contribution in [2.75, 3.05) is 14.1 Å². The number of aryl methyl sites for hydroxylation is 1. The summed E-state index contributed by atoms with van der Waals surface area (Å²) < 4.78 is 1.18. The molecule has 0 unspecified atom stereocenters. The van der Waals surface area contributed by atoms with E-state index < -0.39 is 11.2 Å². The van der Waals surface area contributed by atoms with Gasteiger partial charge in [0.2, 0.25) is 5.91 Å². The lowest BCUT2D eigenvalue weighted by Gasteiger charge is -2.11. The molecule has 0 aliphatic carbocycles. The van der Waals surface area contributed by atoms with Gasteiger partial charge in [0, 0.05) is 25.9 Å². The first-order valence-electron chi connectivity index (χ1n) is 4.42. The van der Waals surface area contributed by atoms with Crippen LogP contribution in [0, 0.1) is 6.92 Å². The number of H-pyrrole nitrogens is 1. The van der Waals surface area contributed by atoms with Crippen molar-refractivity contribution in [1.82, 2.24) is 14.5 Å². The molecule has 0 saturated heterocycles. The summed E-state index contributed by atoms with van der Waals surface area (Å²) in [4.78, 5) is 37.2. The number of amides is 1. The third-order valence-electron chi connectivity index (χ3n) is 1.99. The Labute approximate surface area is 86.1 Å². The first-order chi connectivity index (χ1) is 6.91. The quantitative estimate of drug-likeness (QED) is 0.677. The molecule has 82 valence electrons. The number of hydrogen-bond donors (Lipinski definition) is 1. The fourth-order valence-electron chi connectivity index (χ4n) is 1.02. The molecule has 0 aliphatic heterocycles. The predicted molar refractivity (Wildman–Crippen MR) is 54.8 cm³/mol. The largest absolute Gasteiger partial charge is 0.347 e. The highest BCUT2D eigenvalue weighted by molar-refractivity contribution is 5.75. The Kier molecular flexibility index (Phi) is 3.08. The Hall–Kier alpha value is -1.85. The van der Waals surface area contributed by atoms with Crippen LogP contribution in [0.4, 0.5) is 0 Å². The smallest absolute Gasteiger partial charge is 0.328 e. The number of nitrogens with zero attached hydrogens (tertiary/aromatic N) is 2. The summed E-state index contributed by atoms with van der Waals surface area (Å²) in [7, 11) is 3.21. The van der Waals surface area contributed by atoms with E-state index in [0.717, 1.165) is 0 Å². The summed E-state index contributed by atoms with van der Waals surface area (Å²) in [6.07, 6.45) is 1.38. The van der Waals surface area contributed by atoms with Crippen molar-refractivity contribution in [3.63, 3.8) is 0 Å². The Morgan fingerprint density at radius 1 is 1.47 bits per heavy atom. The number of aromatic amines is 1. The molecule has 15 heavy (non-hydrogen) atoms. The predicted octanol–water partition coefficient (Wildman–Crippen LogP) is -1.07. The van der Waals surface area contributed by atoms with Gasteiger partial charge in [-0.05, 0) is 6.92 Å². The number of carbonyl (C=O) groups is 1. The first-order valence-corrected chi connectivity index (χ1v) is 4.42. The van der Waals surface area contributed by atoms with E-state index in [1.165, 1.54) is 15.7 Å². The molecule has 1 amide bonds. The van der Waals surface area contributed by atoms with Gasteiger partial charge in [0.1, 0.15) is 6.54 Å². The average Bonchev–Trinajstić information content (AvgIpc) is 2.13. The first kappa shape index (κ1) is 11.2. The van der Waals surface area contributed by atoms with E-state index in [0.29, 0.717) is 5.56 Å². The maximum atomic E-state index is 11.3. The zero-order valence-corrected chi connectivity index (χ0v) is 8.90. The number of nitrogens with one attached hydrogen (secondary N) is 1. The topological polar surface area (TPSA) is 75.2 Å². The van der Waals surface area contributed by atoms with Crippen molar-refractivity contribution < 1.29 is 4.79 Å². The molecule has 0 bridgehead atoms. The van der Waals surface area contributed by atoms with Crippen molar-refractivity contribution in [2.24, 2.45) is 0 Å². The fraction of sp³-hybridized carbons (Fsp3) is 0.444. The highest BCUT2D eigenvalue weighted by atomic mass is 16.2. The minimum Gasteiger partial charge on any atom is -0.347 e. The Balaban J connectivity index is 3.07. The average molecular weight is 211 g/mol. The number of aromatic nitrogens is 2. The van der Waals surface area contributed by atoms with Gasteiger partial charge in [-0.15, -0.1) is 0 Å². The summed E-state index contributed by atoms with van der Waals surface area (Å²) >= 11 is 0. The zero-order valence-electron chi connectivity index (χ0n) is 8.90. The van der Waals surface area contributed by atoms with Gasteiger partial charge >= 0.3 is 5.69 Å². The van der Waals surface area contributed by atoms with E-state index in [9.17, 15) is 14.4 Å². The Bertz CT molecular complexity index is 484. The van der Waals surface area contributed by atoms with Crippen LogP contribution in [0.3, 0.4) is 0 Å². The van der Waals surface area contributed by atoms with E-state index in [2.05, 4.69) is 4.98 Å². The SMILES string of the molecule is Cc1cn(CC(=O)N(C)C)c(=O)[nH]c1=O. The molecular formula is C9H13N3O3. The molecule has 0 fully saturated rings. The normalized spacial score (nSPS) is 10.1. The third kappa shape index (κ3) is 2.55. The third-order valence-corrected chi connectivity index (χ3v) is 1.99. The molecule has 0 aromatic carbocycles. The fourth-order valence-corrected chi connectivity index (χ4v) is 1.02. The molecule has 0 spiro atoms. The van der Waals surface area contributed by atoms with E-state index >= 15 is 0 Å². The minimum atomic E-state index is -0.569. The number of rotatable bonds is 2. The van der Waals surface area contributed by atoms with Gasteiger partial charge in [0.05, 0.1) is 0 Å². The van der Waals surface area contributed by atoms with E-state index in [1.807, 2.05) is 0 Å². The van der Waals surface area contributed by atoms with Crippen molar-refractivity contribution in [2.45, 2.75) is 13.5 Å². The maximum Gasteiger partial charge on any atom is 0.328 e. The maximum absolute atomic E-state index is 11.3. The van der Waals surface area contributed by atoms with Gasteiger partial charge in [-0.1, -0.05) is 0 Å². The number of likely N-dealkylation sites (N-methyl/N-ethyl adjacent to an activating group) is 1. The molecule has 1 aromatic heterocycles. The van der Waals surface area contributed by atoms with Gasteiger partial charge in [-0.2, -0.15) is 0 Å². The van der Waals surface area contributed by atoms with E-state index in [-0.39, 0.29) is 12.5 Å². The molecule has 0 aliphatic rings. The highest BCUT2D eigenvalue weighted by Crippen LogP contribution is 1.87. The van der Waals surface area contributed by atoms with Crippen molar-refractivity contribution in [3.05, 3.63) is 32.6 Å². The van der Waals surface area contributed by atoms with Gasteiger partial charge in [-0.3, -0.25) is 19.1 Å². The second kappa shape index (κ2) is 4.12. The van der Waals surface area contributed by atoms with Gasteiger partial charge in [-0.25, -0.2) is 4.79 Å². The van der Waals surface area contributed by atoms with Crippen LogP contribution in [-0.4, -0.2) is 34.5 Å². The van der Waals surface area contributed by atoms with Gasteiger partial charge in [0.15, 0.2) is 0 Å². The molecule has 0 radical (unpaired) electrons. The van der Waals surface area contributed by atoms with Crippen LogP contribution < -0.4 is 11.2 Å². The summed E-state index contributed by atoms with van der Waals surface area (Å²) in [6, 6.07) is 0. The molecule has 1 rings (SSSR count). The van der Waals surface area contributed by atoms with E-state index in [1.54, 1.807) is 21.0 Å². The molecule has 0 saturated carbocycles. The number of carbonyl (C=O) groups excluding carboxylic acids is 1. The standard InChI is InChI=1S/C9H13N3O3/c1-6-4-12(5-7(13)11(2)3)9(15)10-8(6)14/h4H,5H2,1-3H3,(H,10,14,15). The van der Waals surface area contributed by atoms with Crippen LogP contribution in [-0.2, 0) is 11.3 Å². The van der Waals surface area contributed by atoms with Crippen molar-refractivity contribution in [3.8, 4) is 0 Å². The van der Waals surface area contributed by atoms with Crippen LogP contribution in [0.5, 0.6) is 0 Å². The Morgan fingerprint density at radius 2 is 2.07 bits per heavy atom. The Morgan fingerprint density at radius 3 is 2.60 bits per heavy atom. The second-order valence-corrected chi connectivity index (χ2v) is 3.49. The molecule has 6 heteroatoms. The molecule has 1 heterocycles. The van der Waals surface area contributed by atoms with Crippen molar-refractivity contribution >= 4 is 5.91 Å². The number of hydrogen-bond acceptors (Lipinski definition) is 3. The monoisotopic (exact) mass is 211 g/mol. The second-order valence-electron chi connectivity index (χ2n) is 3.49. The minimum absolute atomic E-state index is 0.0660. The molecule has 1 N–H and O–H groups in total.